The van der Waals surface area contributed by atoms with E-state index in [1.807, 2.05) is 12.1 Å². The number of hydrogen-bond acceptors (Lipinski definition) is 4. The van der Waals surface area contributed by atoms with Gasteiger partial charge in [0.2, 0.25) is 0 Å². The number of thiophene rings is 1. The number of hydrogen-bond donors (Lipinski definition) is 1. The molecule has 0 radical (unpaired) electrons. The molecule has 0 saturated carbocycles. The van der Waals surface area contributed by atoms with Crippen molar-refractivity contribution in [2.45, 2.75) is 6.54 Å². The topological polar surface area (TPSA) is 60.1 Å². The highest BCUT2D eigenvalue weighted by Gasteiger charge is 2.04. The maximum absolute atomic E-state index is 11.6. The summed E-state index contributed by atoms with van der Waals surface area (Å²) in [7, 11) is 1.67. The lowest BCUT2D eigenvalue weighted by molar-refractivity contribution is 0.350. The van der Waals surface area contributed by atoms with Crippen molar-refractivity contribution in [3.05, 3.63) is 38.7 Å². The Morgan fingerprint density at radius 1 is 1.53 bits per heavy atom. The molecular weight excluding hydrogens is 238 g/mol. The third-order valence-corrected chi connectivity index (χ3v) is 3.13. The zero-order valence-corrected chi connectivity index (χ0v) is 10.1. The lowest BCUT2D eigenvalue weighted by atomic mass is 10.4. The second kappa shape index (κ2) is 4.99. The molecule has 0 aromatic carbocycles. The first-order chi connectivity index (χ1) is 8.20. The molecule has 0 aliphatic carbocycles. The number of rotatable bonds is 2. The molecule has 0 spiro atoms. The largest absolute Gasteiger partial charge is 0.384 e. The van der Waals surface area contributed by atoms with Crippen molar-refractivity contribution in [3.63, 3.8) is 0 Å². The smallest absolute Gasteiger partial charge is 0.345 e. The highest BCUT2D eigenvalue weighted by Crippen LogP contribution is 2.15. The third-order valence-electron chi connectivity index (χ3n) is 2.14. The molecule has 2 rings (SSSR count). The van der Waals surface area contributed by atoms with Gasteiger partial charge in [-0.05, 0) is 12.1 Å². The van der Waals surface area contributed by atoms with Crippen LogP contribution in [0.25, 0.3) is 0 Å². The summed E-state index contributed by atoms with van der Waals surface area (Å²) in [6, 6.07) is 3.78. The van der Waals surface area contributed by atoms with Crippen molar-refractivity contribution in [1.29, 1.82) is 0 Å². The third kappa shape index (κ3) is 2.64. The van der Waals surface area contributed by atoms with Gasteiger partial charge in [-0.2, -0.15) is 5.10 Å². The second-order valence-corrected chi connectivity index (χ2v) is 4.58. The molecule has 1 N–H and O–H groups in total. The second-order valence-electron chi connectivity index (χ2n) is 3.41. The highest BCUT2D eigenvalue weighted by molar-refractivity contribution is 7.12. The van der Waals surface area contributed by atoms with Crippen LogP contribution in [0.2, 0.25) is 0 Å². The fraction of sp³-hybridized carbons (Fsp3) is 0.273. The van der Waals surface area contributed by atoms with Crippen molar-refractivity contribution in [2.75, 3.05) is 6.61 Å². The molecule has 0 fully saturated rings. The van der Waals surface area contributed by atoms with Crippen molar-refractivity contribution < 1.29 is 5.11 Å². The van der Waals surface area contributed by atoms with Crippen LogP contribution in [0.5, 0.6) is 0 Å². The van der Waals surface area contributed by atoms with Gasteiger partial charge < -0.3 is 5.11 Å². The van der Waals surface area contributed by atoms with Crippen LogP contribution < -0.4 is 5.69 Å². The van der Waals surface area contributed by atoms with Crippen LogP contribution >= 0.6 is 11.3 Å². The van der Waals surface area contributed by atoms with Gasteiger partial charge in [0, 0.05) is 11.9 Å². The van der Waals surface area contributed by atoms with Crippen LogP contribution in [0.15, 0.2) is 23.3 Å². The van der Waals surface area contributed by atoms with E-state index in [1.165, 1.54) is 26.9 Å². The molecule has 0 bridgehead atoms. The van der Waals surface area contributed by atoms with Crippen LogP contribution in [0.3, 0.4) is 0 Å². The van der Waals surface area contributed by atoms with Crippen molar-refractivity contribution >= 4 is 11.3 Å². The summed E-state index contributed by atoms with van der Waals surface area (Å²) in [6.45, 7) is 0.304. The molecule has 17 heavy (non-hydrogen) atoms. The van der Waals surface area contributed by atoms with Gasteiger partial charge in [-0.3, -0.25) is 4.57 Å². The van der Waals surface area contributed by atoms with E-state index in [9.17, 15) is 4.79 Å². The number of aryl methyl sites for hydroxylation is 1. The van der Waals surface area contributed by atoms with Gasteiger partial charge in [0.25, 0.3) is 0 Å². The Hall–Kier alpha value is -1.84. The normalized spacial score (nSPS) is 10.0. The van der Waals surface area contributed by atoms with Crippen LogP contribution in [-0.2, 0) is 13.6 Å². The fourth-order valence-electron chi connectivity index (χ4n) is 1.33. The first kappa shape index (κ1) is 11.6. The zero-order valence-electron chi connectivity index (χ0n) is 9.25. The maximum Gasteiger partial charge on any atom is 0.345 e. The minimum absolute atomic E-state index is 0.138. The van der Waals surface area contributed by atoms with Crippen LogP contribution in [0.1, 0.15) is 9.75 Å². The van der Waals surface area contributed by atoms with Gasteiger partial charge in [-0.1, -0.05) is 11.8 Å². The first-order valence-electron chi connectivity index (χ1n) is 4.97. The molecule has 2 aromatic heterocycles. The molecule has 0 unspecified atom stereocenters. The number of aromatic nitrogens is 3. The number of nitrogens with zero attached hydrogens (tertiary/aromatic N) is 3. The molecular formula is C11H11N3O2S. The van der Waals surface area contributed by atoms with Crippen LogP contribution in [0, 0.1) is 11.8 Å². The van der Waals surface area contributed by atoms with Gasteiger partial charge in [-0.15, -0.1) is 11.3 Å². The lowest BCUT2D eigenvalue weighted by Crippen LogP contribution is -2.23. The summed E-state index contributed by atoms with van der Waals surface area (Å²) in [6.07, 6.45) is 1.49. The van der Waals surface area contributed by atoms with Crippen molar-refractivity contribution in [2.24, 2.45) is 7.05 Å². The number of aliphatic hydroxyl groups is 1. The summed E-state index contributed by atoms with van der Waals surface area (Å²) >= 11 is 1.49. The minimum atomic E-state index is -0.146. The molecule has 2 aromatic rings. The lowest BCUT2D eigenvalue weighted by Gasteiger charge is -1.94. The average Bonchev–Trinajstić information content (AvgIpc) is 2.89. The quantitative estimate of drug-likeness (QED) is 0.764. The van der Waals surface area contributed by atoms with Gasteiger partial charge in [0.1, 0.15) is 12.9 Å². The summed E-state index contributed by atoms with van der Waals surface area (Å²) in [5.74, 6) is 5.41. The van der Waals surface area contributed by atoms with E-state index >= 15 is 0 Å². The van der Waals surface area contributed by atoms with E-state index < -0.39 is 0 Å². The standard InChI is InChI=1S/C11H11N3O2S/c1-13-8-12-14(11(13)16)7-10-5-4-9(17-10)3-2-6-15/h4-5,8,15H,6-7H2,1H3. The highest BCUT2D eigenvalue weighted by atomic mass is 32.1. The van der Waals surface area contributed by atoms with Crippen molar-refractivity contribution in [3.8, 4) is 11.8 Å². The Balaban J connectivity index is 2.17. The van der Waals surface area contributed by atoms with E-state index in [-0.39, 0.29) is 12.3 Å². The summed E-state index contributed by atoms with van der Waals surface area (Å²) in [5, 5.41) is 12.6. The van der Waals surface area contributed by atoms with E-state index in [4.69, 9.17) is 5.11 Å². The Bertz CT molecular complexity index is 627. The van der Waals surface area contributed by atoms with E-state index in [1.54, 1.807) is 7.05 Å². The molecule has 0 aliphatic heterocycles. The molecule has 0 aliphatic rings. The predicted octanol–water partition coefficient (Wildman–Crippen LogP) is 0.0354. The summed E-state index contributed by atoms with van der Waals surface area (Å²) in [4.78, 5) is 13.4. The Labute approximate surface area is 102 Å². The Morgan fingerprint density at radius 2 is 2.35 bits per heavy atom. The average molecular weight is 249 g/mol. The molecule has 6 heteroatoms. The predicted molar refractivity (Wildman–Crippen MR) is 64.9 cm³/mol. The molecule has 5 nitrogen and oxygen atoms in total. The van der Waals surface area contributed by atoms with E-state index in [2.05, 4.69) is 16.9 Å². The zero-order chi connectivity index (χ0) is 12.3. The molecule has 0 amide bonds. The number of aliphatic hydroxyl groups excluding tert-OH is 1. The minimum Gasteiger partial charge on any atom is -0.384 e. The Kier molecular flexibility index (Phi) is 3.42. The van der Waals surface area contributed by atoms with Gasteiger partial charge in [0.15, 0.2) is 0 Å². The van der Waals surface area contributed by atoms with Crippen molar-refractivity contribution in [1.82, 2.24) is 14.3 Å². The molecule has 0 atom stereocenters. The Morgan fingerprint density at radius 3 is 3.00 bits per heavy atom. The van der Waals surface area contributed by atoms with Crippen LogP contribution in [-0.4, -0.2) is 26.1 Å². The van der Waals surface area contributed by atoms with Gasteiger partial charge >= 0.3 is 5.69 Å². The SMILES string of the molecule is Cn1cnn(Cc2ccc(C#CCO)s2)c1=O. The first-order valence-corrected chi connectivity index (χ1v) is 5.79. The van der Waals surface area contributed by atoms with E-state index in [0.29, 0.717) is 6.54 Å². The molecule has 88 valence electrons. The fourth-order valence-corrected chi connectivity index (χ4v) is 2.20. The molecule has 0 saturated heterocycles. The summed E-state index contributed by atoms with van der Waals surface area (Å²) in [5.41, 5.74) is -0.138. The van der Waals surface area contributed by atoms with Crippen LogP contribution in [0.4, 0.5) is 0 Å². The molecule has 2 heterocycles. The maximum atomic E-state index is 11.6. The van der Waals surface area contributed by atoms with Gasteiger partial charge in [-0.25, -0.2) is 9.48 Å². The van der Waals surface area contributed by atoms with Gasteiger partial charge in [0.05, 0.1) is 11.4 Å². The summed E-state index contributed by atoms with van der Waals surface area (Å²) < 4.78 is 2.83. The monoisotopic (exact) mass is 249 g/mol. The van der Waals surface area contributed by atoms with E-state index in [0.717, 1.165) is 9.75 Å².